The van der Waals surface area contributed by atoms with Gasteiger partial charge in [0.05, 0.1) is 0 Å². The Morgan fingerprint density at radius 3 is 3.00 bits per heavy atom. The Labute approximate surface area is 90.4 Å². The van der Waals surface area contributed by atoms with Gasteiger partial charge in [0, 0.05) is 10.3 Å². The maximum Gasteiger partial charge on any atom is 0.0146 e. The lowest BCUT2D eigenvalue weighted by molar-refractivity contribution is 0.487. The first-order valence-electron chi connectivity index (χ1n) is 5.18. The predicted molar refractivity (Wildman–Crippen MR) is 63.9 cm³/mol. The summed E-state index contributed by atoms with van der Waals surface area (Å²) >= 11 is 1.97. The second-order valence-electron chi connectivity index (χ2n) is 3.81. The summed E-state index contributed by atoms with van der Waals surface area (Å²) in [4.78, 5) is 1.44. The third kappa shape index (κ3) is 1.40. The van der Waals surface area contributed by atoms with Crippen LogP contribution in [0.4, 0.5) is 0 Å². The number of thioether (sulfide) groups is 1. The molecule has 1 atom stereocenters. The van der Waals surface area contributed by atoms with E-state index in [1.54, 1.807) is 0 Å². The van der Waals surface area contributed by atoms with Crippen molar-refractivity contribution in [2.45, 2.75) is 30.1 Å². The number of hydrogen-bond donors (Lipinski definition) is 0. The molecule has 1 aromatic carbocycles. The molecule has 0 aliphatic carbocycles. The highest BCUT2D eigenvalue weighted by Crippen LogP contribution is 2.44. The molecule has 0 bridgehead atoms. The highest BCUT2D eigenvalue weighted by atomic mass is 32.2. The van der Waals surface area contributed by atoms with Gasteiger partial charge in [-0.25, -0.2) is 0 Å². The van der Waals surface area contributed by atoms with Crippen LogP contribution in [0.3, 0.4) is 0 Å². The van der Waals surface area contributed by atoms with E-state index in [4.69, 9.17) is 0 Å². The van der Waals surface area contributed by atoms with Crippen molar-refractivity contribution < 1.29 is 0 Å². The maximum absolute atomic E-state index is 4.02. The van der Waals surface area contributed by atoms with Gasteiger partial charge in [-0.15, -0.1) is 18.3 Å². The molecule has 0 spiro atoms. The van der Waals surface area contributed by atoms with Crippen molar-refractivity contribution in [2.24, 2.45) is 0 Å². The first-order chi connectivity index (χ1) is 6.82. The van der Waals surface area contributed by atoms with Crippen molar-refractivity contribution >= 4 is 11.8 Å². The number of fused-ring (bicyclic) bond motifs is 1. The Balaban J connectivity index is 2.53. The van der Waals surface area contributed by atoms with E-state index >= 15 is 0 Å². The van der Waals surface area contributed by atoms with Crippen molar-refractivity contribution in [3.05, 3.63) is 42.5 Å². The molecule has 14 heavy (non-hydrogen) atoms. The van der Waals surface area contributed by atoms with E-state index in [2.05, 4.69) is 43.8 Å². The molecule has 0 unspecified atom stereocenters. The zero-order valence-electron chi connectivity index (χ0n) is 8.62. The van der Waals surface area contributed by atoms with Crippen molar-refractivity contribution in [3.63, 3.8) is 0 Å². The van der Waals surface area contributed by atoms with Crippen LogP contribution in [0.2, 0.25) is 0 Å². The van der Waals surface area contributed by atoms with Gasteiger partial charge in [-0.05, 0) is 30.2 Å². The van der Waals surface area contributed by atoms with E-state index in [0.717, 1.165) is 6.42 Å². The summed E-state index contributed by atoms with van der Waals surface area (Å²) in [6, 6.07) is 8.75. The third-order valence-corrected chi connectivity index (χ3v) is 4.33. The lowest BCUT2D eigenvalue weighted by Gasteiger charge is -2.35. The average Bonchev–Trinajstić information content (AvgIpc) is 2.28. The molecular weight excluding hydrogens is 188 g/mol. The summed E-state index contributed by atoms with van der Waals surface area (Å²) in [5, 5.41) is 0. The maximum atomic E-state index is 4.02. The van der Waals surface area contributed by atoms with Crippen LogP contribution in [0.25, 0.3) is 0 Å². The molecule has 0 saturated carbocycles. The van der Waals surface area contributed by atoms with Gasteiger partial charge in [-0.1, -0.05) is 31.2 Å². The van der Waals surface area contributed by atoms with E-state index < -0.39 is 0 Å². The molecule has 0 saturated heterocycles. The van der Waals surface area contributed by atoms with Gasteiger partial charge in [0.25, 0.3) is 0 Å². The molecule has 0 fully saturated rings. The largest absolute Gasteiger partial charge is 0.126 e. The zero-order chi connectivity index (χ0) is 10.0. The fraction of sp³-hybridized carbons (Fsp3) is 0.385. The Bertz CT molecular complexity index is 343. The summed E-state index contributed by atoms with van der Waals surface area (Å²) in [5.74, 6) is 1.22. The summed E-state index contributed by atoms with van der Waals surface area (Å²) in [7, 11) is 0. The van der Waals surface area contributed by atoms with E-state index in [-0.39, 0.29) is 5.41 Å². The third-order valence-electron chi connectivity index (χ3n) is 3.25. The topological polar surface area (TPSA) is 0 Å². The zero-order valence-corrected chi connectivity index (χ0v) is 9.44. The van der Waals surface area contributed by atoms with Crippen LogP contribution in [0.1, 0.15) is 25.3 Å². The molecule has 0 amide bonds. The number of benzene rings is 1. The van der Waals surface area contributed by atoms with Gasteiger partial charge in [0.1, 0.15) is 0 Å². The van der Waals surface area contributed by atoms with E-state index in [0.29, 0.717) is 0 Å². The molecule has 1 aromatic rings. The summed E-state index contributed by atoms with van der Waals surface area (Å²) < 4.78 is 0. The monoisotopic (exact) mass is 204 g/mol. The molecule has 0 nitrogen and oxygen atoms in total. The van der Waals surface area contributed by atoms with Gasteiger partial charge >= 0.3 is 0 Å². The SMILES string of the molecule is C=C[C@]1(CC)CCSc2ccccc21. The fourth-order valence-corrected chi connectivity index (χ4v) is 3.49. The molecule has 0 aromatic heterocycles. The van der Waals surface area contributed by atoms with E-state index in [9.17, 15) is 0 Å². The normalized spacial score (nSPS) is 25.5. The van der Waals surface area contributed by atoms with E-state index in [1.165, 1.54) is 22.6 Å². The summed E-state index contributed by atoms with van der Waals surface area (Å²) in [5.41, 5.74) is 1.72. The van der Waals surface area contributed by atoms with Crippen LogP contribution in [0.15, 0.2) is 41.8 Å². The van der Waals surface area contributed by atoms with E-state index in [1.807, 2.05) is 11.8 Å². The fourth-order valence-electron chi connectivity index (χ4n) is 2.21. The van der Waals surface area contributed by atoms with Gasteiger partial charge in [-0.3, -0.25) is 0 Å². The molecule has 2 rings (SSSR count). The number of rotatable bonds is 2. The van der Waals surface area contributed by atoms with Crippen molar-refractivity contribution in [3.8, 4) is 0 Å². The van der Waals surface area contributed by atoms with Crippen molar-refractivity contribution in [1.82, 2.24) is 0 Å². The van der Waals surface area contributed by atoms with Crippen LogP contribution < -0.4 is 0 Å². The summed E-state index contributed by atoms with van der Waals surface area (Å²) in [6.07, 6.45) is 4.54. The van der Waals surface area contributed by atoms with Gasteiger partial charge in [-0.2, -0.15) is 0 Å². The first-order valence-corrected chi connectivity index (χ1v) is 6.17. The van der Waals surface area contributed by atoms with Gasteiger partial charge in [0.15, 0.2) is 0 Å². The quantitative estimate of drug-likeness (QED) is 0.656. The molecule has 74 valence electrons. The molecule has 1 aliphatic heterocycles. The van der Waals surface area contributed by atoms with Crippen molar-refractivity contribution in [2.75, 3.05) is 5.75 Å². The highest BCUT2D eigenvalue weighted by molar-refractivity contribution is 7.99. The second-order valence-corrected chi connectivity index (χ2v) is 4.95. The Hall–Kier alpha value is -0.690. The van der Waals surface area contributed by atoms with Gasteiger partial charge < -0.3 is 0 Å². The van der Waals surface area contributed by atoms with Gasteiger partial charge in [0.2, 0.25) is 0 Å². The Kier molecular flexibility index (Phi) is 2.69. The van der Waals surface area contributed by atoms with Crippen LogP contribution in [-0.4, -0.2) is 5.75 Å². The standard InChI is InChI=1S/C13H16S/c1-3-13(4-2)9-10-14-12-8-6-5-7-11(12)13/h3,5-8H,1,4,9-10H2,2H3/t13-/m0/s1. The molecular formula is C13H16S. The minimum absolute atomic E-state index is 0.238. The van der Waals surface area contributed by atoms with Crippen LogP contribution in [0.5, 0.6) is 0 Å². The molecule has 1 heterocycles. The Morgan fingerprint density at radius 2 is 2.29 bits per heavy atom. The lowest BCUT2D eigenvalue weighted by atomic mass is 9.76. The van der Waals surface area contributed by atoms with Crippen LogP contribution >= 0.6 is 11.8 Å². The smallest absolute Gasteiger partial charge is 0.0146 e. The first kappa shape index (κ1) is 9.85. The highest BCUT2D eigenvalue weighted by Gasteiger charge is 2.31. The predicted octanol–water partition coefficient (Wildman–Crippen LogP) is 4.02. The molecule has 0 radical (unpaired) electrons. The molecule has 1 heteroatoms. The second kappa shape index (κ2) is 3.82. The average molecular weight is 204 g/mol. The Morgan fingerprint density at radius 1 is 1.50 bits per heavy atom. The van der Waals surface area contributed by atoms with Crippen LogP contribution in [0, 0.1) is 0 Å². The number of allylic oxidation sites excluding steroid dienone is 1. The van der Waals surface area contributed by atoms with Crippen molar-refractivity contribution in [1.29, 1.82) is 0 Å². The summed E-state index contributed by atoms with van der Waals surface area (Å²) in [6.45, 7) is 6.28. The molecule has 0 N–H and O–H groups in total. The molecule has 1 aliphatic rings. The van der Waals surface area contributed by atoms with Crippen LogP contribution in [-0.2, 0) is 5.41 Å². The minimum atomic E-state index is 0.238. The minimum Gasteiger partial charge on any atom is -0.126 e. The lowest BCUT2D eigenvalue weighted by Crippen LogP contribution is -2.26. The number of hydrogen-bond acceptors (Lipinski definition) is 1.